The number of hydrogen-bond donors (Lipinski definition) is 1. The molecule has 0 amide bonds. The molecule has 96 valence electrons. The molecule has 1 unspecified atom stereocenters. The molecule has 0 aromatic heterocycles. The summed E-state index contributed by atoms with van der Waals surface area (Å²) in [5.41, 5.74) is 2.60. The minimum Gasteiger partial charge on any atom is -0.355 e. The van der Waals surface area contributed by atoms with Crippen LogP contribution in [0.3, 0.4) is 0 Å². The number of aryl methyl sites for hydroxylation is 1. The van der Waals surface area contributed by atoms with E-state index in [0.717, 1.165) is 6.42 Å². The van der Waals surface area contributed by atoms with E-state index >= 15 is 0 Å². The van der Waals surface area contributed by atoms with E-state index in [4.69, 9.17) is 9.47 Å². The van der Waals surface area contributed by atoms with Crippen molar-refractivity contribution in [1.82, 2.24) is 5.32 Å². The number of benzene rings is 1. The maximum absolute atomic E-state index is 5.16. The van der Waals surface area contributed by atoms with Crippen molar-refractivity contribution in [2.75, 3.05) is 20.8 Å². The lowest BCUT2D eigenvalue weighted by atomic mass is 10.0. The second-order valence-electron chi connectivity index (χ2n) is 4.18. The molecular weight excluding hydrogens is 214 g/mol. The first-order chi connectivity index (χ1) is 8.21. The minimum atomic E-state index is -0.186. The summed E-state index contributed by atoms with van der Waals surface area (Å²) in [6.07, 6.45) is 0.859. The van der Waals surface area contributed by atoms with E-state index in [9.17, 15) is 0 Å². The Morgan fingerprint density at radius 3 is 2.18 bits per heavy atom. The predicted octanol–water partition coefficient (Wildman–Crippen LogP) is 2.65. The third kappa shape index (κ3) is 4.46. The van der Waals surface area contributed by atoms with E-state index < -0.39 is 0 Å². The second kappa shape index (κ2) is 7.43. The predicted molar refractivity (Wildman–Crippen MR) is 70.0 cm³/mol. The second-order valence-corrected chi connectivity index (χ2v) is 4.18. The Morgan fingerprint density at radius 1 is 1.12 bits per heavy atom. The molecule has 0 fully saturated rings. The number of ether oxygens (including phenoxy) is 2. The number of methoxy groups -OCH3 is 2. The van der Waals surface area contributed by atoms with Crippen LogP contribution in [0.2, 0.25) is 0 Å². The van der Waals surface area contributed by atoms with Crippen LogP contribution in [-0.4, -0.2) is 27.1 Å². The van der Waals surface area contributed by atoms with E-state index in [1.54, 1.807) is 14.2 Å². The monoisotopic (exact) mass is 237 g/mol. The van der Waals surface area contributed by atoms with Crippen molar-refractivity contribution in [2.45, 2.75) is 32.6 Å². The molecule has 0 heterocycles. The van der Waals surface area contributed by atoms with Crippen LogP contribution < -0.4 is 5.32 Å². The highest BCUT2D eigenvalue weighted by Gasteiger charge is 2.11. The van der Waals surface area contributed by atoms with Crippen LogP contribution in [0.4, 0.5) is 0 Å². The summed E-state index contributed by atoms with van der Waals surface area (Å²) < 4.78 is 10.3. The Balaban J connectivity index is 2.56. The molecule has 3 heteroatoms. The smallest absolute Gasteiger partial charge is 0.169 e. The van der Waals surface area contributed by atoms with Crippen LogP contribution >= 0.6 is 0 Å². The molecule has 0 saturated heterocycles. The van der Waals surface area contributed by atoms with Crippen LogP contribution in [0.15, 0.2) is 24.3 Å². The van der Waals surface area contributed by atoms with E-state index in [2.05, 4.69) is 43.4 Å². The minimum absolute atomic E-state index is 0.186. The van der Waals surface area contributed by atoms with Gasteiger partial charge >= 0.3 is 0 Å². The molecule has 1 atom stereocenters. The molecule has 1 aromatic rings. The normalized spacial score (nSPS) is 13.0. The van der Waals surface area contributed by atoms with Crippen LogP contribution in [0.25, 0.3) is 0 Å². The van der Waals surface area contributed by atoms with Gasteiger partial charge in [-0.3, -0.25) is 0 Å². The van der Waals surface area contributed by atoms with Gasteiger partial charge in [0.1, 0.15) is 0 Å². The summed E-state index contributed by atoms with van der Waals surface area (Å²) in [5.74, 6) is 0. The fourth-order valence-electron chi connectivity index (χ4n) is 1.80. The van der Waals surface area contributed by atoms with Crippen LogP contribution in [-0.2, 0) is 9.47 Å². The average molecular weight is 237 g/mol. The molecule has 0 radical (unpaired) electrons. The van der Waals surface area contributed by atoms with Crippen molar-refractivity contribution in [3.8, 4) is 0 Å². The fraction of sp³-hybridized carbons (Fsp3) is 0.571. The maximum atomic E-state index is 5.16. The Hall–Kier alpha value is -0.900. The molecule has 0 bridgehead atoms. The fourth-order valence-corrected chi connectivity index (χ4v) is 1.80. The summed E-state index contributed by atoms with van der Waals surface area (Å²) in [7, 11) is 3.31. The Bertz CT molecular complexity index is 307. The molecule has 0 aliphatic carbocycles. The maximum Gasteiger partial charge on any atom is 0.169 e. The molecule has 3 nitrogen and oxygen atoms in total. The molecular formula is C14H23NO2. The van der Waals surface area contributed by atoms with Crippen molar-refractivity contribution in [2.24, 2.45) is 0 Å². The quantitative estimate of drug-likeness (QED) is 0.740. The van der Waals surface area contributed by atoms with Gasteiger partial charge in [-0.2, -0.15) is 0 Å². The zero-order valence-corrected chi connectivity index (χ0v) is 11.2. The SMILES string of the molecule is CCC(NCC(OC)OC)c1ccc(C)cc1. The first-order valence-electron chi connectivity index (χ1n) is 6.06. The van der Waals surface area contributed by atoms with E-state index in [1.165, 1.54) is 11.1 Å². The zero-order chi connectivity index (χ0) is 12.7. The third-order valence-electron chi connectivity index (χ3n) is 2.94. The third-order valence-corrected chi connectivity index (χ3v) is 2.94. The molecule has 0 spiro atoms. The molecule has 0 aliphatic heterocycles. The topological polar surface area (TPSA) is 30.5 Å². The van der Waals surface area contributed by atoms with E-state index in [0.29, 0.717) is 12.6 Å². The van der Waals surface area contributed by atoms with Gasteiger partial charge in [-0.25, -0.2) is 0 Å². The highest BCUT2D eigenvalue weighted by atomic mass is 16.7. The first kappa shape index (κ1) is 14.2. The summed E-state index contributed by atoms with van der Waals surface area (Å²) in [4.78, 5) is 0. The highest BCUT2D eigenvalue weighted by Crippen LogP contribution is 2.17. The van der Waals surface area contributed by atoms with Crippen molar-refractivity contribution in [3.05, 3.63) is 35.4 Å². The molecule has 1 N–H and O–H groups in total. The number of nitrogens with one attached hydrogen (secondary N) is 1. The summed E-state index contributed by atoms with van der Waals surface area (Å²) in [6.45, 7) is 4.97. The van der Waals surface area contributed by atoms with E-state index in [1.807, 2.05) is 0 Å². The van der Waals surface area contributed by atoms with Crippen molar-refractivity contribution < 1.29 is 9.47 Å². The van der Waals surface area contributed by atoms with Crippen molar-refractivity contribution >= 4 is 0 Å². The lowest BCUT2D eigenvalue weighted by Crippen LogP contribution is -2.32. The van der Waals surface area contributed by atoms with Crippen molar-refractivity contribution in [1.29, 1.82) is 0 Å². The summed E-state index contributed by atoms with van der Waals surface area (Å²) >= 11 is 0. The first-order valence-corrected chi connectivity index (χ1v) is 6.06. The Kier molecular flexibility index (Phi) is 6.19. The molecule has 1 aromatic carbocycles. The number of hydrogen-bond acceptors (Lipinski definition) is 3. The van der Waals surface area contributed by atoms with Crippen LogP contribution in [0.5, 0.6) is 0 Å². The van der Waals surface area contributed by atoms with Gasteiger partial charge in [0.25, 0.3) is 0 Å². The standard InChI is InChI=1S/C14H23NO2/c1-5-13(15-10-14(16-3)17-4)12-8-6-11(2)7-9-12/h6-9,13-15H,5,10H2,1-4H3. The lowest BCUT2D eigenvalue weighted by molar-refractivity contribution is -0.0999. The zero-order valence-electron chi connectivity index (χ0n) is 11.2. The highest BCUT2D eigenvalue weighted by molar-refractivity contribution is 5.24. The molecule has 0 aliphatic rings. The number of rotatable bonds is 7. The van der Waals surface area contributed by atoms with Gasteiger partial charge in [-0.1, -0.05) is 36.8 Å². The Morgan fingerprint density at radius 2 is 1.71 bits per heavy atom. The van der Waals surface area contributed by atoms with Gasteiger partial charge in [0.05, 0.1) is 0 Å². The van der Waals surface area contributed by atoms with E-state index in [-0.39, 0.29) is 6.29 Å². The van der Waals surface area contributed by atoms with Gasteiger partial charge < -0.3 is 14.8 Å². The van der Waals surface area contributed by atoms with Gasteiger partial charge in [0.2, 0.25) is 0 Å². The van der Waals surface area contributed by atoms with Crippen molar-refractivity contribution in [3.63, 3.8) is 0 Å². The van der Waals surface area contributed by atoms with Crippen LogP contribution in [0, 0.1) is 6.92 Å². The van der Waals surface area contributed by atoms with Gasteiger partial charge in [0.15, 0.2) is 6.29 Å². The lowest BCUT2D eigenvalue weighted by Gasteiger charge is -2.21. The van der Waals surface area contributed by atoms with Gasteiger partial charge in [-0.15, -0.1) is 0 Å². The summed E-state index contributed by atoms with van der Waals surface area (Å²) in [5, 5.41) is 3.46. The molecule has 17 heavy (non-hydrogen) atoms. The van der Waals surface area contributed by atoms with Crippen LogP contribution in [0.1, 0.15) is 30.5 Å². The molecule has 1 rings (SSSR count). The van der Waals surface area contributed by atoms with Gasteiger partial charge in [0, 0.05) is 26.8 Å². The molecule has 0 saturated carbocycles. The summed E-state index contributed by atoms with van der Waals surface area (Å²) in [6, 6.07) is 8.98. The largest absolute Gasteiger partial charge is 0.355 e. The van der Waals surface area contributed by atoms with Gasteiger partial charge in [-0.05, 0) is 18.9 Å². The Labute approximate surface area is 104 Å². The average Bonchev–Trinajstić information content (AvgIpc) is 2.36.